The molecule has 1 aliphatic rings. The van der Waals surface area contributed by atoms with E-state index in [2.05, 4.69) is 5.32 Å². The molecule has 3 rings (SSSR count). The van der Waals surface area contributed by atoms with E-state index in [-0.39, 0.29) is 24.3 Å². The largest absolute Gasteiger partial charge is 0.493 e. The summed E-state index contributed by atoms with van der Waals surface area (Å²) in [5.74, 6) is 0.695. The van der Waals surface area contributed by atoms with Crippen molar-refractivity contribution in [3.05, 3.63) is 48.0 Å². The van der Waals surface area contributed by atoms with Crippen LogP contribution in [0.15, 0.2) is 42.5 Å². The summed E-state index contributed by atoms with van der Waals surface area (Å²) in [5, 5.41) is 3.01. The van der Waals surface area contributed by atoms with Gasteiger partial charge in [-0.25, -0.2) is 0 Å². The standard InChI is InChI=1S/C22H26N2O5/c1-14(15-8-6-5-7-9-15)23-22(26)16-10-20(25)24(13-16)17-11-18(27-2)21(29-4)19(12-17)28-3/h5-9,11-12,14,16H,10,13H2,1-4H3,(H,23,26). The van der Waals surface area contributed by atoms with Crippen molar-refractivity contribution < 1.29 is 23.8 Å². The van der Waals surface area contributed by atoms with Crippen molar-refractivity contribution in [1.82, 2.24) is 5.32 Å². The van der Waals surface area contributed by atoms with E-state index < -0.39 is 5.92 Å². The lowest BCUT2D eigenvalue weighted by Crippen LogP contribution is -2.34. The highest BCUT2D eigenvalue weighted by Gasteiger charge is 2.36. The normalized spacial score (nSPS) is 17.0. The number of carbonyl (C=O) groups excluding carboxylic acids is 2. The maximum Gasteiger partial charge on any atom is 0.227 e. The average Bonchev–Trinajstić information content (AvgIpc) is 3.14. The third kappa shape index (κ3) is 4.29. The minimum absolute atomic E-state index is 0.119. The zero-order valence-corrected chi connectivity index (χ0v) is 17.1. The molecule has 0 aromatic heterocycles. The molecule has 0 aliphatic carbocycles. The highest BCUT2D eigenvalue weighted by atomic mass is 16.5. The molecule has 2 atom stereocenters. The van der Waals surface area contributed by atoms with Gasteiger partial charge in [-0.15, -0.1) is 0 Å². The van der Waals surface area contributed by atoms with Crippen molar-refractivity contribution in [2.24, 2.45) is 5.92 Å². The van der Waals surface area contributed by atoms with Crippen molar-refractivity contribution >= 4 is 17.5 Å². The maximum absolute atomic E-state index is 12.7. The fourth-order valence-corrected chi connectivity index (χ4v) is 3.51. The summed E-state index contributed by atoms with van der Waals surface area (Å²) < 4.78 is 16.1. The van der Waals surface area contributed by atoms with Gasteiger partial charge in [0.1, 0.15) is 0 Å². The molecule has 0 spiro atoms. The lowest BCUT2D eigenvalue weighted by molar-refractivity contribution is -0.126. The second-order valence-electron chi connectivity index (χ2n) is 6.93. The summed E-state index contributed by atoms with van der Waals surface area (Å²) in [6.07, 6.45) is 0.157. The van der Waals surface area contributed by atoms with E-state index in [1.165, 1.54) is 21.3 Å². The second-order valence-corrected chi connectivity index (χ2v) is 6.93. The molecule has 2 unspecified atom stereocenters. The van der Waals surface area contributed by atoms with Crippen LogP contribution in [0.2, 0.25) is 0 Å². The van der Waals surface area contributed by atoms with Crippen LogP contribution in [0.3, 0.4) is 0 Å². The van der Waals surface area contributed by atoms with Crippen LogP contribution in [-0.4, -0.2) is 39.7 Å². The third-order valence-electron chi connectivity index (χ3n) is 5.12. The van der Waals surface area contributed by atoms with Gasteiger partial charge in [0, 0.05) is 25.1 Å². The molecule has 29 heavy (non-hydrogen) atoms. The Hall–Kier alpha value is -3.22. The van der Waals surface area contributed by atoms with Gasteiger partial charge in [-0.05, 0) is 12.5 Å². The molecule has 2 aromatic carbocycles. The molecular formula is C22H26N2O5. The number of ether oxygens (including phenoxy) is 3. The summed E-state index contributed by atoms with van der Waals surface area (Å²) >= 11 is 0. The molecule has 1 aliphatic heterocycles. The summed E-state index contributed by atoms with van der Waals surface area (Å²) in [6, 6.07) is 13.0. The highest BCUT2D eigenvalue weighted by Crippen LogP contribution is 2.42. The Kier molecular flexibility index (Phi) is 6.26. The van der Waals surface area contributed by atoms with Crippen LogP contribution in [0.4, 0.5) is 5.69 Å². The van der Waals surface area contributed by atoms with Gasteiger partial charge in [0.05, 0.1) is 39.0 Å². The van der Waals surface area contributed by atoms with E-state index in [1.807, 2.05) is 37.3 Å². The molecule has 0 saturated carbocycles. The quantitative estimate of drug-likeness (QED) is 0.776. The van der Waals surface area contributed by atoms with E-state index in [4.69, 9.17) is 14.2 Å². The Labute approximate surface area is 170 Å². The van der Waals surface area contributed by atoms with E-state index in [9.17, 15) is 9.59 Å². The lowest BCUT2D eigenvalue weighted by atomic mass is 10.1. The Bertz CT molecular complexity index is 859. The Morgan fingerprint density at radius 1 is 1.07 bits per heavy atom. The van der Waals surface area contributed by atoms with Gasteiger partial charge >= 0.3 is 0 Å². The van der Waals surface area contributed by atoms with E-state index in [1.54, 1.807) is 17.0 Å². The third-order valence-corrected chi connectivity index (χ3v) is 5.12. The van der Waals surface area contributed by atoms with E-state index in [0.29, 0.717) is 29.5 Å². The molecular weight excluding hydrogens is 372 g/mol. The predicted octanol–water partition coefficient (Wildman–Crippen LogP) is 2.94. The first-order valence-electron chi connectivity index (χ1n) is 9.44. The van der Waals surface area contributed by atoms with Crippen molar-refractivity contribution in [3.8, 4) is 17.2 Å². The summed E-state index contributed by atoms with van der Waals surface area (Å²) in [6.45, 7) is 2.23. The number of carbonyl (C=O) groups is 2. The number of benzene rings is 2. The lowest BCUT2D eigenvalue weighted by Gasteiger charge is -2.21. The molecule has 154 valence electrons. The number of rotatable bonds is 7. The van der Waals surface area contributed by atoms with Gasteiger partial charge < -0.3 is 24.4 Å². The van der Waals surface area contributed by atoms with Crippen LogP contribution in [0.25, 0.3) is 0 Å². The number of nitrogens with zero attached hydrogens (tertiary/aromatic N) is 1. The van der Waals surface area contributed by atoms with Gasteiger partial charge in [-0.1, -0.05) is 30.3 Å². The molecule has 1 heterocycles. The topological polar surface area (TPSA) is 77.1 Å². The van der Waals surface area contributed by atoms with Gasteiger partial charge in [0.15, 0.2) is 11.5 Å². The molecule has 7 heteroatoms. The summed E-state index contributed by atoms with van der Waals surface area (Å²) in [4.78, 5) is 27.0. The molecule has 0 bridgehead atoms. The van der Waals surface area contributed by atoms with Crippen LogP contribution in [-0.2, 0) is 9.59 Å². The van der Waals surface area contributed by atoms with Crippen molar-refractivity contribution in [2.75, 3.05) is 32.8 Å². The predicted molar refractivity (Wildman–Crippen MR) is 110 cm³/mol. The van der Waals surface area contributed by atoms with Crippen molar-refractivity contribution in [1.29, 1.82) is 0 Å². The van der Waals surface area contributed by atoms with Crippen LogP contribution >= 0.6 is 0 Å². The Balaban J connectivity index is 1.75. The molecule has 2 aromatic rings. The maximum atomic E-state index is 12.7. The average molecular weight is 398 g/mol. The molecule has 1 fully saturated rings. The number of methoxy groups -OCH3 is 3. The summed E-state index contributed by atoms with van der Waals surface area (Å²) in [5.41, 5.74) is 1.63. The second kappa shape index (κ2) is 8.86. The van der Waals surface area contributed by atoms with Crippen LogP contribution in [0.5, 0.6) is 17.2 Å². The number of hydrogen-bond donors (Lipinski definition) is 1. The summed E-state index contributed by atoms with van der Waals surface area (Å²) in [7, 11) is 4.57. The van der Waals surface area contributed by atoms with Gasteiger partial charge in [-0.2, -0.15) is 0 Å². The number of amides is 2. The van der Waals surface area contributed by atoms with Gasteiger partial charge in [-0.3, -0.25) is 9.59 Å². The molecule has 1 saturated heterocycles. The fourth-order valence-electron chi connectivity index (χ4n) is 3.51. The first-order chi connectivity index (χ1) is 14.0. The molecule has 2 amide bonds. The van der Waals surface area contributed by atoms with Crippen LogP contribution < -0.4 is 24.4 Å². The van der Waals surface area contributed by atoms with Crippen LogP contribution in [0, 0.1) is 5.92 Å². The zero-order chi connectivity index (χ0) is 21.0. The minimum atomic E-state index is -0.423. The van der Waals surface area contributed by atoms with Gasteiger partial charge in [0.2, 0.25) is 17.6 Å². The molecule has 1 N–H and O–H groups in total. The molecule has 7 nitrogen and oxygen atoms in total. The number of anilines is 1. The minimum Gasteiger partial charge on any atom is -0.493 e. The zero-order valence-electron chi connectivity index (χ0n) is 17.1. The molecule has 0 radical (unpaired) electrons. The first-order valence-corrected chi connectivity index (χ1v) is 9.44. The van der Waals surface area contributed by atoms with Gasteiger partial charge in [0.25, 0.3) is 0 Å². The fraction of sp³-hybridized carbons (Fsp3) is 0.364. The Morgan fingerprint density at radius 2 is 1.69 bits per heavy atom. The van der Waals surface area contributed by atoms with Crippen molar-refractivity contribution in [3.63, 3.8) is 0 Å². The number of nitrogens with one attached hydrogen (secondary N) is 1. The van der Waals surface area contributed by atoms with Crippen LogP contribution in [0.1, 0.15) is 24.9 Å². The first kappa shape index (κ1) is 20.5. The van der Waals surface area contributed by atoms with E-state index in [0.717, 1.165) is 5.56 Å². The highest BCUT2D eigenvalue weighted by molar-refractivity contribution is 6.00. The van der Waals surface area contributed by atoms with Crippen molar-refractivity contribution in [2.45, 2.75) is 19.4 Å². The Morgan fingerprint density at radius 3 is 2.24 bits per heavy atom. The van der Waals surface area contributed by atoms with E-state index >= 15 is 0 Å². The monoisotopic (exact) mass is 398 g/mol. The smallest absolute Gasteiger partial charge is 0.227 e. The SMILES string of the molecule is COc1cc(N2CC(C(=O)NC(C)c3ccccc3)CC2=O)cc(OC)c1OC. The number of hydrogen-bond acceptors (Lipinski definition) is 5.